The third kappa shape index (κ3) is 4.00. The standard InChI is InChI=1S/C15H16N4O4/c1-2-11-9-14(20)18(10-17-11)8-7-16-15(21)12-5-3-4-6-13(12)19(22)23/h3-6,9-10H,2,7-8H2,1H3,(H,16,21). The van der Waals surface area contributed by atoms with Crippen LogP contribution in [0.5, 0.6) is 0 Å². The molecular weight excluding hydrogens is 300 g/mol. The van der Waals surface area contributed by atoms with Crippen LogP contribution in [-0.4, -0.2) is 26.9 Å². The highest BCUT2D eigenvalue weighted by Crippen LogP contribution is 2.17. The Hall–Kier alpha value is -3.03. The normalized spacial score (nSPS) is 10.3. The van der Waals surface area contributed by atoms with Crippen LogP contribution < -0.4 is 10.9 Å². The number of carbonyl (C=O) groups is 1. The van der Waals surface area contributed by atoms with Crippen molar-refractivity contribution in [3.05, 3.63) is 68.4 Å². The molecule has 0 aliphatic carbocycles. The number of nitrogens with one attached hydrogen (secondary N) is 1. The highest BCUT2D eigenvalue weighted by Gasteiger charge is 2.18. The minimum Gasteiger partial charge on any atom is -0.350 e. The van der Waals surface area contributed by atoms with Gasteiger partial charge in [-0.1, -0.05) is 19.1 Å². The quantitative estimate of drug-likeness (QED) is 0.635. The Balaban J connectivity index is 2.01. The zero-order chi connectivity index (χ0) is 16.8. The summed E-state index contributed by atoms with van der Waals surface area (Å²) in [6.07, 6.45) is 2.10. The second-order valence-electron chi connectivity index (χ2n) is 4.80. The van der Waals surface area contributed by atoms with E-state index in [0.717, 1.165) is 0 Å². The Kier molecular flexibility index (Phi) is 5.19. The van der Waals surface area contributed by atoms with E-state index in [0.29, 0.717) is 12.1 Å². The number of rotatable bonds is 6. The third-order valence-electron chi connectivity index (χ3n) is 3.28. The van der Waals surface area contributed by atoms with Gasteiger partial charge in [-0.05, 0) is 12.5 Å². The molecule has 0 saturated heterocycles. The van der Waals surface area contributed by atoms with E-state index in [1.165, 1.54) is 35.2 Å². The van der Waals surface area contributed by atoms with Crippen molar-refractivity contribution >= 4 is 11.6 Å². The van der Waals surface area contributed by atoms with Gasteiger partial charge in [-0.25, -0.2) is 4.98 Å². The molecule has 8 heteroatoms. The number of benzene rings is 1. The lowest BCUT2D eigenvalue weighted by molar-refractivity contribution is -0.385. The summed E-state index contributed by atoms with van der Waals surface area (Å²) >= 11 is 0. The zero-order valence-electron chi connectivity index (χ0n) is 12.6. The molecule has 2 aromatic rings. The summed E-state index contributed by atoms with van der Waals surface area (Å²) in [5.41, 5.74) is 0.243. The number of nitro benzene ring substituents is 1. The van der Waals surface area contributed by atoms with Crippen molar-refractivity contribution < 1.29 is 9.72 Å². The van der Waals surface area contributed by atoms with Crippen LogP contribution in [0.15, 0.2) is 41.5 Å². The van der Waals surface area contributed by atoms with Crippen LogP contribution in [0.3, 0.4) is 0 Å². The van der Waals surface area contributed by atoms with Gasteiger partial charge in [0, 0.05) is 30.9 Å². The maximum atomic E-state index is 12.0. The smallest absolute Gasteiger partial charge is 0.282 e. The number of nitro groups is 1. The fourth-order valence-corrected chi connectivity index (χ4v) is 2.03. The molecule has 0 aliphatic heterocycles. The molecule has 2 rings (SSSR count). The predicted octanol–water partition coefficient (Wildman–Crippen LogP) is 1.14. The fraction of sp³-hybridized carbons (Fsp3) is 0.267. The van der Waals surface area contributed by atoms with Crippen molar-refractivity contribution in [1.29, 1.82) is 0 Å². The lowest BCUT2D eigenvalue weighted by Gasteiger charge is -2.08. The van der Waals surface area contributed by atoms with E-state index in [4.69, 9.17) is 0 Å². The molecule has 1 aromatic carbocycles. The second kappa shape index (κ2) is 7.30. The highest BCUT2D eigenvalue weighted by molar-refractivity contribution is 5.98. The Bertz CT molecular complexity index is 785. The van der Waals surface area contributed by atoms with Crippen LogP contribution in [-0.2, 0) is 13.0 Å². The van der Waals surface area contributed by atoms with Gasteiger partial charge in [-0.2, -0.15) is 0 Å². The van der Waals surface area contributed by atoms with Crippen LogP contribution in [0.25, 0.3) is 0 Å². The van der Waals surface area contributed by atoms with Crippen molar-refractivity contribution in [3.63, 3.8) is 0 Å². The highest BCUT2D eigenvalue weighted by atomic mass is 16.6. The third-order valence-corrected chi connectivity index (χ3v) is 3.28. The van der Waals surface area contributed by atoms with Crippen molar-refractivity contribution in [2.75, 3.05) is 6.54 Å². The second-order valence-corrected chi connectivity index (χ2v) is 4.80. The first-order chi connectivity index (χ1) is 11.0. The molecule has 120 valence electrons. The largest absolute Gasteiger partial charge is 0.350 e. The molecule has 0 radical (unpaired) electrons. The summed E-state index contributed by atoms with van der Waals surface area (Å²) in [6.45, 7) is 2.30. The summed E-state index contributed by atoms with van der Waals surface area (Å²) in [5, 5.41) is 13.5. The number of aryl methyl sites for hydroxylation is 1. The van der Waals surface area contributed by atoms with Gasteiger partial charge in [0.1, 0.15) is 5.56 Å². The van der Waals surface area contributed by atoms with Gasteiger partial charge in [0.05, 0.1) is 11.3 Å². The predicted molar refractivity (Wildman–Crippen MR) is 83.3 cm³/mol. The number of hydrogen-bond donors (Lipinski definition) is 1. The molecular formula is C15H16N4O4. The molecule has 1 heterocycles. The topological polar surface area (TPSA) is 107 Å². The Morgan fingerprint density at radius 1 is 1.39 bits per heavy atom. The molecule has 0 bridgehead atoms. The van der Waals surface area contributed by atoms with E-state index in [1.54, 1.807) is 6.07 Å². The molecule has 0 fully saturated rings. The average Bonchev–Trinajstić information content (AvgIpc) is 2.56. The summed E-state index contributed by atoms with van der Waals surface area (Å²) in [7, 11) is 0. The van der Waals surface area contributed by atoms with Crippen molar-refractivity contribution in [2.45, 2.75) is 19.9 Å². The minimum absolute atomic E-state index is 0.00990. The molecule has 0 saturated carbocycles. The maximum Gasteiger partial charge on any atom is 0.282 e. The van der Waals surface area contributed by atoms with Gasteiger partial charge in [-0.3, -0.25) is 24.3 Å². The van der Waals surface area contributed by atoms with Crippen LogP contribution in [0.4, 0.5) is 5.69 Å². The van der Waals surface area contributed by atoms with E-state index in [9.17, 15) is 19.7 Å². The zero-order valence-corrected chi connectivity index (χ0v) is 12.6. The first kappa shape index (κ1) is 16.3. The minimum atomic E-state index is -0.604. The van der Waals surface area contributed by atoms with Crippen molar-refractivity contribution in [3.8, 4) is 0 Å². The van der Waals surface area contributed by atoms with Crippen LogP contribution >= 0.6 is 0 Å². The lowest BCUT2D eigenvalue weighted by atomic mass is 10.1. The number of carbonyl (C=O) groups excluding carboxylic acids is 1. The number of hydrogen-bond acceptors (Lipinski definition) is 5. The number of aromatic nitrogens is 2. The van der Waals surface area contributed by atoms with E-state index >= 15 is 0 Å². The first-order valence-electron chi connectivity index (χ1n) is 7.10. The molecule has 0 unspecified atom stereocenters. The molecule has 0 aliphatic rings. The monoisotopic (exact) mass is 316 g/mol. The van der Waals surface area contributed by atoms with Gasteiger partial charge in [0.15, 0.2) is 0 Å². The van der Waals surface area contributed by atoms with Gasteiger partial charge in [0.25, 0.3) is 17.2 Å². The number of amides is 1. The summed E-state index contributed by atoms with van der Waals surface area (Å²) in [4.78, 5) is 38.2. The van der Waals surface area contributed by atoms with Crippen molar-refractivity contribution in [2.24, 2.45) is 0 Å². The maximum absolute atomic E-state index is 12.0. The van der Waals surface area contributed by atoms with Crippen LogP contribution in [0.1, 0.15) is 23.0 Å². The summed E-state index contributed by atoms with van der Waals surface area (Å²) < 4.78 is 1.37. The Morgan fingerprint density at radius 3 is 2.78 bits per heavy atom. The van der Waals surface area contributed by atoms with Gasteiger partial charge < -0.3 is 5.32 Å². The number of para-hydroxylation sites is 1. The summed E-state index contributed by atoms with van der Waals surface area (Å²) in [6, 6.07) is 7.16. The average molecular weight is 316 g/mol. The fourth-order valence-electron chi connectivity index (χ4n) is 2.03. The van der Waals surface area contributed by atoms with E-state index in [1.807, 2.05) is 6.92 Å². The molecule has 0 atom stereocenters. The molecule has 23 heavy (non-hydrogen) atoms. The van der Waals surface area contributed by atoms with Crippen LogP contribution in [0.2, 0.25) is 0 Å². The van der Waals surface area contributed by atoms with Crippen LogP contribution in [0, 0.1) is 10.1 Å². The molecule has 1 aromatic heterocycles. The Labute approximate surface area is 131 Å². The first-order valence-corrected chi connectivity index (χ1v) is 7.10. The van der Waals surface area contributed by atoms with E-state index in [-0.39, 0.29) is 29.9 Å². The summed E-state index contributed by atoms with van der Waals surface area (Å²) in [5.74, 6) is -0.552. The van der Waals surface area contributed by atoms with Gasteiger partial charge in [-0.15, -0.1) is 0 Å². The molecule has 8 nitrogen and oxygen atoms in total. The Morgan fingerprint density at radius 2 is 2.13 bits per heavy atom. The van der Waals surface area contributed by atoms with E-state index < -0.39 is 10.8 Å². The SMILES string of the molecule is CCc1cc(=O)n(CCNC(=O)c2ccccc2[N+](=O)[O-])cn1. The molecule has 1 amide bonds. The molecule has 0 spiro atoms. The molecule has 1 N–H and O–H groups in total. The van der Waals surface area contributed by atoms with Crippen molar-refractivity contribution in [1.82, 2.24) is 14.9 Å². The van der Waals surface area contributed by atoms with Gasteiger partial charge >= 0.3 is 0 Å². The number of nitrogens with zero attached hydrogens (tertiary/aromatic N) is 3. The lowest BCUT2D eigenvalue weighted by Crippen LogP contribution is -2.31. The van der Waals surface area contributed by atoms with E-state index in [2.05, 4.69) is 10.3 Å². The van der Waals surface area contributed by atoms with Gasteiger partial charge in [0.2, 0.25) is 0 Å².